The second kappa shape index (κ2) is 8.17. The number of allylic oxidation sites excluding steroid dienone is 1. The van der Waals surface area contributed by atoms with Gasteiger partial charge in [0.25, 0.3) is 0 Å². The summed E-state index contributed by atoms with van der Waals surface area (Å²) in [6.07, 6.45) is 0. The highest BCUT2D eigenvalue weighted by molar-refractivity contribution is 5.70. The van der Waals surface area contributed by atoms with Crippen molar-refractivity contribution in [3.8, 4) is 0 Å². The molecule has 0 heterocycles. The molecule has 0 saturated carbocycles. The molecule has 0 amide bonds. The first-order valence-electron chi connectivity index (χ1n) is 2.93. The third kappa shape index (κ3) is 27.2. The lowest BCUT2D eigenvalue weighted by Gasteiger charge is -1.87. The second-order valence-electron chi connectivity index (χ2n) is 1.99. The first-order chi connectivity index (χ1) is 4.54. The molecule has 60 valence electrons. The van der Waals surface area contributed by atoms with Gasteiger partial charge in [-0.1, -0.05) is 5.57 Å². The Bertz CT molecular complexity index is 100. The van der Waals surface area contributed by atoms with E-state index in [9.17, 15) is 4.79 Å². The van der Waals surface area contributed by atoms with Crippen LogP contribution < -0.4 is 5.73 Å². The first-order valence-corrected chi connectivity index (χ1v) is 2.93. The topological polar surface area (TPSA) is 52.3 Å². The Labute approximate surface area is 61.9 Å². The fourth-order valence-corrected chi connectivity index (χ4v) is 0.0833. The largest absolute Gasteiger partial charge is 0.468 e. The van der Waals surface area contributed by atoms with Crippen LogP contribution >= 0.6 is 0 Å². The smallest absolute Gasteiger partial charge is 0.319 e. The number of nitrogens with two attached hydrogens (primary N) is 1. The van der Waals surface area contributed by atoms with Crippen molar-refractivity contribution >= 4 is 5.97 Å². The second-order valence-corrected chi connectivity index (χ2v) is 1.99. The van der Waals surface area contributed by atoms with E-state index in [0.717, 1.165) is 0 Å². The summed E-state index contributed by atoms with van der Waals surface area (Å²) in [4.78, 5) is 9.83. The zero-order chi connectivity index (χ0) is 8.57. The van der Waals surface area contributed by atoms with Crippen LogP contribution in [0.1, 0.15) is 13.8 Å². The highest BCUT2D eigenvalue weighted by Crippen LogP contribution is 1.73. The Balaban J connectivity index is 0. The standard InChI is InChI=1S/C4H8.C3H7NO2/c1-4(2)3;1-6-3(5)2-4/h1H2,2-3H3;2,4H2,1H3. The summed E-state index contributed by atoms with van der Waals surface area (Å²) >= 11 is 0. The minimum Gasteiger partial charge on any atom is -0.468 e. The molecule has 0 bridgehead atoms. The summed E-state index contributed by atoms with van der Waals surface area (Å²) in [7, 11) is 1.30. The van der Waals surface area contributed by atoms with Gasteiger partial charge < -0.3 is 10.5 Å². The summed E-state index contributed by atoms with van der Waals surface area (Å²) in [6.45, 7) is 7.47. The number of methoxy groups -OCH3 is 1. The summed E-state index contributed by atoms with van der Waals surface area (Å²) in [5, 5.41) is 0. The van der Waals surface area contributed by atoms with Gasteiger partial charge in [0.2, 0.25) is 0 Å². The van der Waals surface area contributed by atoms with E-state index in [2.05, 4.69) is 11.3 Å². The molecule has 0 atom stereocenters. The quantitative estimate of drug-likeness (QED) is 0.436. The van der Waals surface area contributed by atoms with Crippen LogP contribution in [0.3, 0.4) is 0 Å². The Hall–Kier alpha value is -0.830. The normalized spacial score (nSPS) is 7.20. The van der Waals surface area contributed by atoms with Crippen molar-refractivity contribution in [2.75, 3.05) is 13.7 Å². The van der Waals surface area contributed by atoms with Crippen molar-refractivity contribution in [3.63, 3.8) is 0 Å². The molecule has 0 radical (unpaired) electrons. The van der Waals surface area contributed by atoms with Gasteiger partial charge in [0.05, 0.1) is 13.7 Å². The molecule has 0 spiro atoms. The molecule has 0 aromatic rings. The molecule has 0 fully saturated rings. The number of rotatable bonds is 1. The SMILES string of the molecule is C=C(C)C.COC(=O)CN. The molecule has 0 aromatic heterocycles. The summed E-state index contributed by atoms with van der Waals surface area (Å²) in [5.41, 5.74) is 5.97. The Morgan fingerprint density at radius 3 is 1.90 bits per heavy atom. The van der Waals surface area contributed by atoms with Crippen LogP contribution in [0.2, 0.25) is 0 Å². The molecule has 0 unspecified atom stereocenters. The van der Waals surface area contributed by atoms with Crippen molar-refractivity contribution in [1.82, 2.24) is 0 Å². The van der Waals surface area contributed by atoms with Crippen LogP contribution in [0.15, 0.2) is 12.2 Å². The van der Waals surface area contributed by atoms with E-state index >= 15 is 0 Å². The van der Waals surface area contributed by atoms with E-state index in [1.807, 2.05) is 13.8 Å². The number of carbonyl (C=O) groups is 1. The molecule has 3 nitrogen and oxygen atoms in total. The van der Waals surface area contributed by atoms with Crippen LogP contribution in [0.5, 0.6) is 0 Å². The van der Waals surface area contributed by atoms with E-state index in [-0.39, 0.29) is 12.5 Å². The van der Waals surface area contributed by atoms with Crippen molar-refractivity contribution in [3.05, 3.63) is 12.2 Å². The molecule has 0 aliphatic carbocycles. The summed E-state index contributed by atoms with van der Waals surface area (Å²) in [6, 6.07) is 0. The first kappa shape index (κ1) is 11.9. The molecular weight excluding hydrogens is 130 g/mol. The van der Waals surface area contributed by atoms with Crippen LogP contribution in [0.4, 0.5) is 0 Å². The van der Waals surface area contributed by atoms with Gasteiger partial charge in [-0.25, -0.2) is 0 Å². The van der Waals surface area contributed by atoms with Gasteiger partial charge in [-0.3, -0.25) is 4.79 Å². The van der Waals surface area contributed by atoms with Gasteiger partial charge in [0, 0.05) is 0 Å². The summed E-state index contributed by atoms with van der Waals surface area (Å²) in [5.74, 6) is -0.380. The van der Waals surface area contributed by atoms with Crippen molar-refractivity contribution in [2.24, 2.45) is 5.73 Å². The molecule has 0 saturated heterocycles. The molecule has 10 heavy (non-hydrogen) atoms. The monoisotopic (exact) mass is 145 g/mol. The molecular formula is C7H15NO2. The van der Waals surface area contributed by atoms with Crippen LogP contribution in [-0.4, -0.2) is 19.6 Å². The van der Waals surface area contributed by atoms with Gasteiger partial charge >= 0.3 is 5.97 Å². The van der Waals surface area contributed by atoms with Gasteiger partial charge in [-0.15, -0.1) is 6.58 Å². The van der Waals surface area contributed by atoms with Gasteiger partial charge in [-0.2, -0.15) is 0 Å². The van der Waals surface area contributed by atoms with E-state index in [0.29, 0.717) is 0 Å². The van der Waals surface area contributed by atoms with Crippen LogP contribution in [-0.2, 0) is 9.53 Å². The van der Waals surface area contributed by atoms with E-state index in [4.69, 9.17) is 5.73 Å². The maximum absolute atomic E-state index is 9.83. The third-order valence-corrected chi connectivity index (χ3v) is 0.394. The third-order valence-electron chi connectivity index (χ3n) is 0.394. The fourth-order valence-electron chi connectivity index (χ4n) is 0.0833. The van der Waals surface area contributed by atoms with Crippen molar-refractivity contribution in [1.29, 1.82) is 0 Å². The van der Waals surface area contributed by atoms with E-state index in [1.54, 1.807) is 0 Å². The predicted octanol–water partition coefficient (Wildman–Crippen LogP) is 0.701. The fraction of sp³-hybridized carbons (Fsp3) is 0.571. The molecule has 0 aromatic carbocycles. The predicted molar refractivity (Wildman–Crippen MR) is 41.6 cm³/mol. The number of hydrogen-bond acceptors (Lipinski definition) is 3. The lowest BCUT2D eigenvalue weighted by atomic mass is 10.4. The number of hydrogen-bond donors (Lipinski definition) is 1. The lowest BCUT2D eigenvalue weighted by molar-refractivity contribution is -0.138. The average Bonchev–Trinajstić information content (AvgIpc) is 1.85. The van der Waals surface area contributed by atoms with Crippen molar-refractivity contribution < 1.29 is 9.53 Å². The number of ether oxygens (including phenoxy) is 1. The molecule has 0 rings (SSSR count). The highest BCUT2D eigenvalue weighted by Gasteiger charge is 1.87. The molecule has 0 aliphatic rings. The molecule has 2 N–H and O–H groups in total. The number of carbonyl (C=O) groups excluding carboxylic acids is 1. The maximum atomic E-state index is 9.83. The maximum Gasteiger partial charge on any atom is 0.319 e. The summed E-state index contributed by atoms with van der Waals surface area (Å²) < 4.78 is 4.14. The minimum absolute atomic E-state index is 0.0312. The van der Waals surface area contributed by atoms with Gasteiger partial charge in [0.1, 0.15) is 0 Å². The minimum atomic E-state index is -0.380. The van der Waals surface area contributed by atoms with Crippen LogP contribution in [0, 0.1) is 0 Å². The van der Waals surface area contributed by atoms with E-state index < -0.39 is 0 Å². The molecule has 3 heteroatoms. The van der Waals surface area contributed by atoms with E-state index in [1.165, 1.54) is 12.7 Å². The Morgan fingerprint density at radius 1 is 1.60 bits per heavy atom. The van der Waals surface area contributed by atoms with Gasteiger partial charge in [-0.05, 0) is 13.8 Å². The number of esters is 1. The molecule has 0 aliphatic heterocycles. The average molecular weight is 145 g/mol. The zero-order valence-electron chi connectivity index (χ0n) is 6.81. The zero-order valence-corrected chi connectivity index (χ0v) is 6.81. The van der Waals surface area contributed by atoms with Crippen LogP contribution in [0.25, 0.3) is 0 Å². The Kier molecular flexibility index (Phi) is 9.73. The lowest BCUT2D eigenvalue weighted by Crippen LogP contribution is -2.14. The highest BCUT2D eigenvalue weighted by atomic mass is 16.5. The van der Waals surface area contributed by atoms with Crippen molar-refractivity contribution in [2.45, 2.75) is 13.8 Å². The van der Waals surface area contributed by atoms with Gasteiger partial charge in [0.15, 0.2) is 0 Å². The Morgan fingerprint density at radius 2 is 1.90 bits per heavy atom.